The van der Waals surface area contributed by atoms with E-state index in [1.165, 1.54) is 6.33 Å². The summed E-state index contributed by atoms with van der Waals surface area (Å²) < 4.78 is 6.49. The highest BCUT2D eigenvalue weighted by atomic mass is 79.9. The lowest BCUT2D eigenvalue weighted by Gasteiger charge is -2.14. The van der Waals surface area contributed by atoms with Crippen LogP contribution in [-0.4, -0.2) is 22.5 Å². The SMILES string of the molecule is C[C@H](NC(=O)COc1ncnc2ccc(Br)cc12)c1ccccc1. The quantitative estimate of drug-likeness (QED) is 0.727. The molecule has 3 aromatic rings. The van der Waals surface area contributed by atoms with Gasteiger partial charge in [0.1, 0.15) is 6.33 Å². The first-order valence-corrected chi connectivity index (χ1v) is 8.30. The Morgan fingerprint density at radius 2 is 2.00 bits per heavy atom. The van der Waals surface area contributed by atoms with E-state index in [0.29, 0.717) is 5.88 Å². The maximum absolute atomic E-state index is 12.1. The summed E-state index contributed by atoms with van der Waals surface area (Å²) in [5, 5.41) is 3.67. The number of ether oxygens (including phenoxy) is 1. The lowest BCUT2D eigenvalue weighted by Crippen LogP contribution is -2.31. The first kappa shape index (κ1) is 16.4. The van der Waals surface area contributed by atoms with Gasteiger partial charge in [0.25, 0.3) is 5.91 Å². The number of nitrogens with one attached hydrogen (secondary N) is 1. The Morgan fingerprint density at radius 1 is 1.21 bits per heavy atom. The van der Waals surface area contributed by atoms with Gasteiger partial charge < -0.3 is 10.1 Å². The zero-order valence-electron chi connectivity index (χ0n) is 13.1. The topological polar surface area (TPSA) is 64.1 Å². The van der Waals surface area contributed by atoms with E-state index in [-0.39, 0.29) is 18.6 Å². The summed E-state index contributed by atoms with van der Waals surface area (Å²) in [7, 11) is 0. The zero-order chi connectivity index (χ0) is 16.9. The summed E-state index contributed by atoms with van der Waals surface area (Å²) in [4.78, 5) is 20.4. The fraction of sp³-hybridized carbons (Fsp3) is 0.167. The van der Waals surface area contributed by atoms with Crippen molar-refractivity contribution in [2.45, 2.75) is 13.0 Å². The molecule has 6 heteroatoms. The van der Waals surface area contributed by atoms with Crippen molar-refractivity contribution in [1.82, 2.24) is 15.3 Å². The van der Waals surface area contributed by atoms with Crippen LogP contribution in [0, 0.1) is 0 Å². The van der Waals surface area contributed by atoms with Crippen LogP contribution in [0.3, 0.4) is 0 Å². The van der Waals surface area contributed by atoms with Gasteiger partial charge in [-0.2, -0.15) is 0 Å². The van der Waals surface area contributed by atoms with E-state index in [1.54, 1.807) is 0 Å². The van der Waals surface area contributed by atoms with Crippen molar-refractivity contribution in [2.24, 2.45) is 0 Å². The number of carbonyl (C=O) groups excluding carboxylic acids is 1. The van der Waals surface area contributed by atoms with Crippen molar-refractivity contribution in [1.29, 1.82) is 0 Å². The standard InChI is InChI=1S/C18H16BrN3O2/c1-12(13-5-3-2-4-6-13)22-17(23)10-24-18-15-9-14(19)7-8-16(15)20-11-21-18/h2-9,11-12H,10H2,1H3,(H,22,23)/t12-/m0/s1. The summed E-state index contributed by atoms with van der Waals surface area (Å²) in [6.07, 6.45) is 1.43. The van der Waals surface area contributed by atoms with Crippen molar-refractivity contribution in [3.8, 4) is 5.88 Å². The molecule has 0 aliphatic carbocycles. The largest absolute Gasteiger partial charge is 0.467 e. The van der Waals surface area contributed by atoms with Gasteiger partial charge in [0.15, 0.2) is 6.61 Å². The fourth-order valence-electron chi connectivity index (χ4n) is 2.36. The van der Waals surface area contributed by atoms with Crippen molar-refractivity contribution in [3.05, 3.63) is 64.9 Å². The van der Waals surface area contributed by atoms with Gasteiger partial charge in [-0.1, -0.05) is 46.3 Å². The van der Waals surface area contributed by atoms with Crippen LogP contribution in [0.4, 0.5) is 0 Å². The Bertz CT molecular complexity index is 855. The number of hydrogen-bond donors (Lipinski definition) is 1. The van der Waals surface area contributed by atoms with Gasteiger partial charge in [0.05, 0.1) is 16.9 Å². The second-order valence-corrected chi connectivity index (χ2v) is 6.24. The van der Waals surface area contributed by atoms with E-state index in [9.17, 15) is 4.79 Å². The molecule has 0 bridgehead atoms. The number of rotatable bonds is 5. The molecule has 0 saturated carbocycles. The Morgan fingerprint density at radius 3 is 2.79 bits per heavy atom. The molecule has 1 aromatic heterocycles. The van der Waals surface area contributed by atoms with Crippen LogP contribution in [0.15, 0.2) is 59.3 Å². The fourth-order valence-corrected chi connectivity index (χ4v) is 2.72. The van der Waals surface area contributed by atoms with E-state index in [1.807, 2.05) is 55.5 Å². The molecule has 0 saturated heterocycles. The van der Waals surface area contributed by atoms with Crippen LogP contribution in [0.25, 0.3) is 10.9 Å². The first-order valence-electron chi connectivity index (χ1n) is 7.51. The number of halogens is 1. The third kappa shape index (κ3) is 3.89. The molecule has 122 valence electrons. The smallest absolute Gasteiger partial charge is 0.258 e. The number of hydrogen-bond acceptors (Lipinski definition) is 4. The molecule has 2 aromatic carbocycles. The molecule has 1 amide bonds. The number of fused-ring (bicyclic) bond motifs is 1. The number of benzene rings is 2. The monoisotopic (exact) mass is 385 g/mol. The molecule has 0 unspecified atom stereocenters. The third-order valence-electron chi connectivity index (χ3n) is 3.58. The lowest BCUT2D eigenvalue weighted by molar-refractivity contribution is -0.123. The number of carbonyl (C=O) groups is 1. The Kier molecular flexibility index (Phi) is 5.05. The van der Waals surface area contributed by atoms with Gasteiger partial charge in [-0.25, -0.2) is 9.97 Å². The third-order valence-corrected chi connectivity index (χ3v) is 4.07. The van der Waals surface area contributed by atoms with Crippen LogP contribution in [-0.2, 0) is 4.79 Å². The molecule has 0 aliphatic rings. The van der Waals surface area contributed by atoms with E-state index < -0.39 is 0 Å². The van der Waals surface area contributed by atoms with Gasteiger partial charge in [0, 0.05) is 4.47 Å². The average molecular weight is 386 g/mol. The van der Waals surface area contributed by atoms with Crippen molar-refractivity contribution >= 4 is 32.7 Å². The zero-order valence-corrected chi connectivity index (χ0v) is 14.7. The highest BCUT2D eigenvalue weighted by molar-refractivity contribution is 9.10. The molecule has 1 atom stereocenters. The summed E-state index contributed by atoms with van der Waals surface area (Å²) in [6, 6.07) is 15.3. The van der Waals surface area contributed by atoms with Crippen LogP contribution >= 0.6 is 15.9 Å². The summed E-state index contributed by atoms with van der Waals surface area (Å²) in [5.74, 6) is 0.192. The molecule has 0 radical (unpaired) electrons. The molecular weight excluding hydrogens is 370 g/mol. The maximum Gasteiger partial charge on any atom is 0.258 e. The number of amides is 1. The predicted molar refractivity (Wildman–Crippen MR) is 95.7 cm³/mol. The Balaban J connectivity index is 1.65. The van der Waals surface area contributed by atoms with Crippen LogP contribution in [0.1, 0.15) is 18.5 Å². The van der Waals surface area contributed by atoms with Gasteiger partial charge >= 0.3 is 0 Å². The number of nitrogens with zero attached hydrogens (tertiary/aromatic N) is 2. The van der Waals surface area contributed by atoms with Gasteiger partial charge in [-0.05, 0) is 30.7 Å². The van der Waals surface area contributed by atoms with E-state index in [2.05, 4.69) is 31.2 Å². The maximum atomic E-state index is 12.1. The van der Waals surface area contributed by atoms with E-state index >= 15 is 0 Å². The van der Waals surface area contributed by atoms with E-state index in [4.69, 9.17) is 4.74 Å². The Labute approximate surface area is 148 Å². The molecule has 1 N–H and O–H groups in total. The molecule has 24 heavy (non-hydrogen) atoms. The molecule has 0 aliphatic heterocycles. The second-order valence-electron chi connectivity index (χ2n) is 5.33. The van der Waals surface area contributed by atoms with Crippen LogP contribution < -0.4 is 10.1 Å². The minimum absolute atomic E-state index is 0.0846. The van der Waals surface area contributed by atoms with Crippen LogP contribution in [0.2, 0.25) is 0 Å². The molecule has 5 nitrogen and oxygen atoms in total. The van der Waals surface area contributed by atoms with Crippen molar-refractivity contribution < 1.29 is 9.53 Å². The first-order chi connectivity index (χ1) is 11.6. The molecule has 1 heterocycles. The molecular formula is C18H16BrN3O2. The average Bonchev–Trinajstić information content (AvgIpc) is 2.60. The normalized spacial score (nSPS) is 11.9. The van der Waals surface area contributed by atoms with Crippen molar-refractivity contribution in [3.63, 3.8) is 0 Å². The van der Waals surface area contributed by atoms with Gasteiger partial charge in [0.2, 0.25) is 5.88 Å². The lowest BCUT2D eigenvalue weighted by atomic mass is 10.1. The van der Waals surface area contributed by atoms with Gasteiger partial charge in [-0.15, -0.1) is 0 Å². The highest BCUT2D eigenvalue weighted by Gasteiger charge is 2.11. The minimum Gasteiger partial charge on any atom is -0.467 e. The molecule has 0 fully saturated rings. The highest BCUT2D eigenvalue weighted by Crippen LogP contribution is 2.24. The Hall–Kier alpha value is -2.47. The van der Waals surface area contributed by atoms with Crippen molar-refractivity contribution in [2.75, 3.05) is 6.61 Å². The summed E-state index contributed by atoms with van der Waals surface area (Å²) in [6.45, 7) is 1.83. The second kappa shape index (κ2) is 7.40. The molecule has 0 spiro atoms. The predicted octanol–water partition coefficient (Wildman–Crippen LogP) is 3.65. The summed E-state index contributed by atoms with van der Waals surface area (Å²) >= 11 is 3.41. The molecule has 3 rings (SSSR count). The van der Waals surface area contributed by atoms with Crippen LogP contribution in [0.5, 0.6) is 5.88 Å². The van der Waals surface area contributed by atoms with E-state index in [0.717, 1.165) is 20.9 Å². The minimum atomic E-state index is -0.201. The summed E-state index contributed by atoms with van der Waals surface area (Å²) in [5.41, 5.74) is 1.81. The number of aromatic nitrogens is 2. The van der Waals surface area contributed by atoms with Gasteiger partial charge in [-0.3, -0.25) is 4.79 Å².